The maximum atomic E-state index is 12.0. The highest BCUT2D eigenvalue weighted by atomic mass is 19.1. The van der Waals surface area contributed by atoms with Crippen LogP contribution >= 0.6 is 0 Å². The van der Waals surface area contributed by atoms with Crippen LogP contribution in [0.4, 0.5) is 8.78 Å². The predicted octanol–water partition coefficient (Wildman–Crippen LogP) is 3.51. The van der Waals surface area contributed by atoms with Gasteiger partial charge in [0.2, 0.25) is 0 Å². The number of hydrogen-bond donors (Lipinski definition) is 0. The molecule has 0 saturated carbocycles. The average molecular weight is 146 g/mol. The lowest BCUT2D eigenvalue weighted by molar-refractivity contribution is 0.625. The van der Waals surface area contributed by atoms with Gasteiger partial charge in [-0.25, -0.2) is 8.78 Å². The molecular weight excluding hydrogens is 134 g/mol. The molecule has 0 bridgehead atoms. The summed E-state index contributed by atoms with van der Waals surface area (Å²) in [7, 11) is 0. The standard InChI is InChI=1S/C8H12F2/c1-7(9)5-3-4-6-8(2)10/h5-6H,3-4H2,1-2H3/b7-5-,8-6-. The molecular formula is C8H12F2. The third kappa shape index (κ3) is 7.34. The summed E-state index contributed by atoms with van der Waals surface area (Å²) in [4.78, 5) is 0. The summed E-state index contributed by atoms with van der Waals surface area (Å²) in [6.07, 6.45) is 4.03. The first-order valence-corrected chi connectivity index (χ1v) is 3.27. The number of halogens is 2. The topological polar surface area (TPSA) is 0 Å². The van der Waals surface area contributed by atoms with Crippen LogP contribution in [0.2, 0.25) is 0 Å². The van der Waals surface area contributed by atoms with Crippen LogP contribution in [0.25, 0.3) is 0 Å². The Kier molecular flexibility index (Phi) is 4.81. The molecule has 10 heavy (non-hydrogen) atoms. The van der Waals surface area contributed by atoms with Gasteiger partial charge >= 0.3 is 0 Å². The highest BCUT2D eigenvalue weighted by Crippen LogP contribution is 2.02. The average Bonchev–Trinajstić information content (AvgIpc) is 1.79. The SMILES string of the molecule is C/C(F)=C/CC/C=C(/C)F. The highest BCUT2D eigenvalue weighted by Gasteiger charge is 1.83. The molecule has 0 amide bonds. The first-order chi connectivity index (χ1) is 4.63. The van der Waals surface area contributed by atoms with Crippen molar-refractivity contribution in [3.05, 3.63) is 23.8 Å². The van der Waals surface area contributed by atoms with E-state index in [1.54, 1.807) is 0 Å². The Morgan fingerprint density at radius 1 is 1.00 bits per heavy atom. The molecule has 58 valence electrons. The van der Waals surface area contributed by atoms with Crippen molar-refractivity contribution in [1.82, 2.24) is 0 Å². The molecule has 0 unspecified atom stereocenters. The van der Waals surface area contributed by atoms with Crippen molar-refractivity contribution >= 4 is 0 Å². The van der Waals surface area contributed by atoms with Gasteiger partial charge in [0, 0.05) is 0 Å². The van der Waals surface area contributed by atoms with Crippen molar-refractivity contribution < 1.29 is 8.78 Å². The van der Waals surface area contributed by atoms with Crippen LogP contribution in [-0.2, 0) is 0 Å². The summed E-state index contributed by atoms with van der Waals surface area (Å²) in [5.74, 6) is -0.408. The summed E-state index contributed by atoms with van der Waals surface area (Å²) in [5, 5.41) is 0. The van der Waals surface area contributed by atoms with E-state index in [0.29, 0.717) is 12.8 Å². The zero-order chi connectivity index (χ0) is 7.98. The molecule has 0 atom stereocenters. The summed E-state index contributed by atoms with van der Waals surface area (Å²) >= 11 is 0. The Bertz CT molecular complexity index is 119. The minimum Gasteiger partial charge on any atom is -0.212 e. The fourth-order valence-electron chi connectivity index (χ4n) is 0.564. The molecule has 0 spiro atoms. The summed E-state index contributed by atoms with van der Waals surface area (Å²) in [6, 6.07) is 0. The Hall–Kier alpha value is -0.660. The molecule has 0 N–H and O–H groups in total. The van der Waals surface area contributed by atoms with Crippen molar-refractivity contribution in [2.75, 3.05) is 0 Å². The van der Waals surface area contributed by atoms with Gasteiger partial charge < -0.3 is 0 Å². The summed E-state index contributed by atoms with van der Waals surface area (Å²) < 4.78 is 23.9. The third-order valence-electron chi connectivity index (χ3n) is 1.02. The summed E-state index contributed by atoms with van der Waals surface area (Å²) in [5.41, 5.74) is 0. The highest BCUT2D eigenvalue weighted by molar-refractivity contribution is 4.92. The molecule has 0 heterocycles. The first-order valence-electron chi connectivity index (χ1n) is 3.27. The van der Waals surface area contributed by atoms with E-state index in [1.807, 2.05) is 0 Å². The maximum absolute atomic E-state index is 12.0. The van der Waals surface area contributed by atoms with Crippen molar-refractivity contribution in [3.8, 4) is 0 Å². The Morgan fingerprint density at radius 2 is 1.30 bits per heavy atom. The van der Waals surface area contributed by atoms with E-state index in [4.69, 9.17) is 0 Å². The molecule has 2 heteroatoms. The minimum atomic E-state index is -0.204. The molecule has 0 rings (SSSR count). The molecule has 0 radical (unpaired) electrons. The zero-order valence-corrected chi connectivity index (χ0v) is 6.32. The van der Waals surface area contributed by atoms with E-state index < -0.39 is 0 Å². The molecule has 0 aliphatic heterocycles. The number of allylic oxidation sites excluding steroid dienone is 4. The first kappa shape index (κ1) is 9.34. The molecule has 0 aromatic heterocycles. The van der Waals surface area contributed by atoms with Gasteiger partial charge in [0.15, 0.2) is 0 Å². The van der Waals surface area contributed by atoms with Crippen molar-refractivity contribution in [1.29, 1.82) is 0 Å². The number of hydrogen-bond acceptors (Lipinski definition) is 0. The Labute approximate surface area is 60.2 Å². The van der Waals surface area contributed by atoms with Crippen LogP contribution < -0.4 is 0 Å². The molecule has 0 saturated heterocycles. The molecule has 0 aliphatic carbocycles. The quantitative estimate of drug-likeness (QED) is 0.534. The second kappa shape index (κ2) is 5.15. The largest absolute Gasteiger partial charge is 0.212 e. The molecule has 0 aliphatic rings. The van der Waals surface area contributed by atoms with Gasteiger partial charge in [-0.3, -0.25) is 0 Å². The van der Waals surface area contributed by atoms with E-state index in [-0.39, 0.29) is 11.7 Å². The van der Waals surface area contributed by atoms with Gasteiger partial charge in [-0.15, -0.1) is 0 Å². The lowest BCUT2D eigenvalue weighted by Crippen LogP contribution is -1.68. The van der Waals surface area contributed by atoms with Crippen LogP contribution in [0.3, 0.4) is 0 Å². The van der Waals surface area contributed by atoms with Gasteiger partial charge in [0.25, 0.3) is 0 Å². The van der Waals surface area contributed by atoms with Crippen molar-refractivity contribution in [2.45, 2.75) is 26.7 Å². The second-order valence-corrected chi connectivity index (χ2v) is 2.16. The molecule has 0 fully saturated rings. The fourth-order valence-corrected chi connectivity index (χ4v) is 0.564. The van der Waals surface area contributed by atoms with Crippen LogP contribution in [0.5, 0.6) is 0 Å². The predicted molar refractivity (Wildman–Crippen MR) is 39.0 cm³/mol. The smallest absolute Gasteiger partial charge is 0.0929 e. The van der Waals surface area contributed by atoms with E-state index in [0.717, 1.165) is 0 Å². The van der Waals surface area contributed by atoms with Crippen LogP contribution in [0.1, 0.15) is 26.7 Å². The van der Waals surface area contributed by atoms with E-state index in [2.05, 4.69) is 0 Å². The van der Waals surface area contributed by atoms with E-state index in [9.17, 15) is 8.78 Å². The van der Waals surface area contributed by atoms with Gasteiger partial charge in [-0.2, -0.15) is 0 Å². The van der Waals surface area contributed by atoms with E-state index in [1.165, 1.54) is 26.0 Å². The molecule has 0 aromatic carbocycles. The van der Waals surface area contributed by atoms with Crippen LogP contribution in [0, 0.1) is 0 Å². The number of unbranched alkanes of at least 4 members (excludes halogenated alkanes) is 1. The maximum Gasteiger partial charge on any atom is 0.0929 e. The van der Waals surface area contributed by atoms with Gasteiger partial charge in [0.05, 0.1) is 11.7 Å². The Morgan fingerprint density at radius 3 is 1.50 bits per heavy atom. The van der Waals surface area contributed by atoms with Gasteiger partial charge in [-0.1, -0.05) is 12.2 Å². The van der Waals surface area contributed by atoms with Gasteiger partial charge in [-0.05, 0) is 26.7 Å². The van der Waals surface area contributed by atoms with Crippen molar-refractivity contribution in [3.63, 3.8) is 0 Å². The minimum absolute atomic E-state index is 0.204. The van der Waals surface area contributed by atoms with Crippen molar-refractivity contribution in [2.24, 2.45) is 0 Å². The fraction of sp³-hybridized carbons (Fsp3) is 0.500. The number of rotatable bonds is 3. The monoisotopic (exact) mass is 146 g/mol. The normalized spacial score (nSPS) is 14.0. The van der Waals surface area contributed by atoms with Crippen LogP contribution in [0.15, 0.2) is 23.8 Å². The van der Waals surface area contributed by atoms with Crippen LogP contribution in [-0.4, -0.2) is 0 Å². The lowest BCUT2D eigenvalue weighted by atomic mass is 10.2. The Balaban J connectivity index is 3.39. The third-order valence-corrected chi connectivity index (χ3v) is 1.02. The molecule has 0 nitrogen and oxygen atoms in total. The second-order valence-electron chi connectivity index (χ2n) is 2.16. The zero-order valence-electron chi connectivity index (χ0n) is 6.32. The van der Waals surface area contributed by atoms with E-state index >= 15 is 0 Å². The lowest BCUT2D eigenvalue weighted by Gasteiger charge is -1.86. The summed E-state index contributed by atoms with van der Waals surface area (Å²) in [6.45, 7) is 2.76. The van der Waals surface area contributed by atoms with Gasteiger partial charge in [0.1, 0.15) is 0 Å². The molecule has 0 aromatic rings.